The van der Waals surface area contributed by atoms with Crippen LogP contribution in [0.1, 0.15) is 37.8 Å². The van der Waals surface area contributed by atoms with E-state index in [0.717, 1.165) is 31.4 Å². The highest BCUT2D eigenvalue weighted by atomic mass is 32.1. The smallest absolute Gasteiger partial charge is 0.315 e. The topological polar surface area (TPSA) is 62.3 Å². The first-order valence-corrected chi connectivity index (χ1v) is 7.46. The molecule has 6 heteroatoms. The second kappa shape index (κ2) is 6.14. The lowest BCUT2D eigenvalue weighted by Crippen LogP contribution is -2.44. The van der Waals surface area contributed by atoms with Crippen LogP contribution in [0.2, 0.25) is 0 Å². The first kappa shape index (κ1) is 14.0. The van der Waals surface area contributed by atoms with Crippen molar-refractivity contribution < 1.29 is 9.59 Å². The third-order valence-electron chi connectivity index (χ3n) is 3.48. The van der Waals surface area contributed by atoms with Crippen LogP contribution in [-0.2, 0) is 9.59 Å². The van der Waals surface area contributed by atoms with Crippen molar-refractivity contribution in [3.8, 4) is 0 Å². The van der Waals surface area contributed by atoms with Crippen LogP contribution in [0.15, 0.2) is 5.38 Å². The number of hydrogen-bond donors (Lipinski definition) is 1. The second-order valence-corrected chi connectivity index (χ2v) is 5.81. The van der Waals surface area contributed by atoms with Gasteiger partial charge in [-0.25, -0.2) is 4.98 Å². The molecule has 0 radical (unpaired) electrons. The normalized spacial score (nSPS) is 16.1. The van der Waals surface area contributed by atoms with Crippen LogP contribution in [0, 0.1) is 6.92 Å². The van der Waals surface area contributed by atoms with E-state index in [-0.39, 0.29) is 6.04 Å². The zero-order valence-corrected chi connectivity index (χ0v) is 12.1. The molecule has 1 saturated carbocycles. The number of nitrogens with one attached hydrogen (secondary N) is 1. The van der Waals surface area contributed by atoms with Gasteiger partial charge in [0.15, 0.2) is 5.13 Å². The maximum absolute atomic E-state index is 12.0. The van der Waals surface area contributed by atoms with Crippen LogP contribution in [-0.4, -0.2) is 34.8 Å². The third-order valence-corrected chi connectivity index (χ3v) is 4.35. The lowest BCUT2D eigenvalue weighted by Gasteiger charge is -2.30. The SMILES string of the molecule is Cc1csc(NC(=O)C(=O)N(C)C2CCCCC2)n1. The number of aromatic nitrogens is 1. The Bertz CT molecular complexity index is 466. The first-order chi connectivity index (χ1) is 9.08. The molecule has 0 atom stereocenters. The van der Waals surface area contributed by atoms with Gasteiger partial charge in [0.05, 0.1) is 5.69 Å². The molecule has 1 heterocycles. The third kappa shape index (κ3) is 3.53. The fourth-order valence-corrected chi connectivity index (χ4v) is 3.04. The Labute approximate surface area is 117 Å². The molecule has 5 nitrogen and oxygen atoms in total. The monoisotopic (exact) mass is 281 g/mol. The summed E-state index contributed by atoms with van der Waals surface area (Å²) in [7, 11) is 1.71. The van der Waals surface area contributed by atoms with E-state index in [4.69, 9.17) is 0 Å². The van der Waals surface area contributed by atoms with Gasteiger partial charge in [0, 0.05) is 18.5 Å². The van der Waals surface area contributed by atoms with Crippen LogP contribution in [0.25, 0.3) is 0 Å². The van der Waals surface area contributed by atoms with Gasteiger partial charge in [-0.2, -0.15) is 0 Å². The van der Waals surface area contributed by atoms with E-state index in [1.807, 2.05) is 12.3 Å². The maximum atomic E-state index is 12.0. The van der Waals surface area contributed by atoms with E-state index in [9.17, 15) is 9.59 Å². The van der Waals surface area contributed by atoms with E-state index in [0.29, 0.717) is 5.13 Å². The molecule has 0 spiro atoms. The Kier molecular flexibility index (Phi) is 4.52. The summed E-state index contributed by atoms with van der Waals surface area (Å²) in [5.41, 5.74) is 0.841. The van der Waals surface area contributed by atoms with Gasteiger partial charge in [0.25, 0.3) is 0 Å². The van der Waals surface area contributed by atoms with E-state index in [1.165, 1.54) is 17.8 Å². The predicted octanol–water partition coefficient (Wildman–Crippen LogP) is 2.18. The minimum atomic E-state index is -0.595. The highest BCUT2D eigenvalue weighted by Gasteiger charge is 2.26. The highest BCUT2D eigenvalue weighted by molar-refractivity contribution is 7.14. The Hall–Kier alpha value is -1.43. The average molecular weight is 281 g/mol. The molecule has 0 aromatic carbocycles. The number of amides is 2. The summed E-state index contributed by atoms with van der Waals surface area (Å²) in [6.07, 6.45) is 5.48. The lowest BCUT2D eigenvalue weighted by molar-refractivity contribution is -0.144. The van der Waals surface area contributed by atoms with Crippen molar-refractivity contribution in [2.45, 2.75) is 45.1 Å². The molecule has 1 aromatic rings. The van der Waals surface area contributed by atoms with E-state index >= 15 is 0 Å². The van der Waals surface area contributed by atoms with Crippen molar-refractivity contribution in [3.05, 3.63) is 11.1 Å². The number of hydrogen-bond acceptors (Lipinski definition) is 4. The van der Waals surface area contributed by atoms with Crippen LogP contribution in [0.5, 0.6) is 0 Å². The molecule has 1 aliphatic carbocycles. The van der Waals surface area contributed by atoms with Gasteiger partial charge in [0.1, 0.15) is 0 Å². The lowest BCUT2D eigenvalue weighted by atomic mass is 9.94. The molecule has 104 valence electrons. The fourth-order valence-electron chi connectivity index (χ4n) is 2.36. The molecule has 19 heavy (non-hydrogen) atoms. The van der Waals surface area contributed by atoms with Crippen molar-refractivity contribution in [1.29, 1.82) is 0 Å². The molecule has 1 fully saturated rings. The number of carbonyl (C=O) groups excluding carboxylic acids is 2. The molecular weight excluding hydrogens is 262 g/mol. The first-order valence-electron chi connectivity index (χ1n) is 6.58. The number of nitrogens with zero attached hydrogens (tertiary/aromatic N) is 2. The maximum Gasteiger partial charge on any atom is 0.315 e. The van der Waals surface area contributed by atoms with Gasteiger partial charge in [-0.3, -0.25) is 14.9 Å². The number of rotatable bonds is 2. The van der Waals surface area contributed by atoms with Crippen molar-refractivity contribution in [2.75, 3.05) is 12.4 Å². The average Bonchev–Trinajstić information content (AvgIpc) is 2.83. The zero-order chi connectivity index (χ0) is 13.8. The van der Waals surface area contributed by atoms with E-state index in [1.54, 1.807) is 11.9 Å². The van der Waals surface area contributed by atoms with Gasteiger partial charge < -0.3 is 4.90 Å². The molecule has 0 unspecified atom stereocenters. The van der Waals surface area contributed by atoms with Gasteiger partial charge in [-0.1, -0.05) is 19.3 Å². The Balaban J connectivity index is 1.92. The summed E-state index contributed by atoms with van der Waals surface area (Å²) in [6, 6.07) is 0.199. The van der Waals surface area contributed by atoms with Gasteiger partial charge >= 0.3 is 11.8 Å². The Morgan fingerprint density at radius 3 is 2.63 bits per heavy atom. The van der Waals surface area contributed by atoms with Crippen molar-refractivity contribution in [1.82, 2.24) is 9.88 Å². The summed E-state index contributed by atoms with van der Waals surface area (Å²) in [4.78, 5) is 29.6. The molecule has 0 bridgehead atoms. The van der Waals surface area contributed by atoms with Crippen LogP contribution < -0.4 is 5.32 Å². The van der Waals surface area contributed by atoms with Gasteiger partial charge in [0.2, 0.25) is 0 Å². The van der Waals surface area contributed by atoms with Crippen LogP contribution in [0.3, 0.4) is 0 Å². The predicted molar refractivity (Wildman–Crippen MR) is 75.1 cm³/mol. The molecule has 2 amide bonds. The van der Waals surface area contributed by atoms with Crippen LogP contribution in [0.4, 0.5) is 5.13 Å². The number of likely N-dealkylation sites (N-methyl/N-ethyl adjacent to an activating group) is 1. The summed E-state index contributed by atoms with van der Waals surface area (Å²) in [5.74, 6) is -1.07. The standard InChI is InChI=1S/C13H19N3O2S/c1-9-8-19-13(14-9)15-11(17)12(18)16(2)10-6-4-3-5-7-10/h8,10H,3-7H2,1-2H3,(H,14,15,17). The molecule has 1 N–H and O–H groups in total. The van der Waals surface area contributed by atoms with E-state index < -0.39 is 11.8 Å². The summed E-state index contributed by atoms with van der Waals surface area (Å²) in [6.45, 7) is 1.85. The van der Waals surface area contributed by atoms with Crippen molar-refractivity contribution in [2.24, 2.45) is 0 Å². The number of aryl methyl sites for hydroxylation is 1. The Morgan fingerprint density at radius 1 is 1.37 bits per heavy atom. The molecule has 2 rings (SSSR count). The molecule has 0 aliphatic heterocycles. The van der Waals surface area contributed by atoms with Crippen LogP contribution >= 0.6 is 11.3 Å². The van der Waals surface area contributed by atoms with E-state index in [2.05, 4.69) is 10.3 Å². The quantitative estimate of drug-likeness (QED) is 0.845. The van der Waals surface area contributed by atoms with Crippen molar-refractivity contribution in [3.63, 3.8) is 0 Å². The molecule has 0 saturated heterocycles. The molecular formula is C13H19N3O2S. The van der Waals surface area contributed by atoms with Gasteiger partial charge in [-0.05, 0) is 19.8 Å². The molecule has 1 aromatic heterocycles. The summed E-state index contributed by atoms with van der Waals surface area (Å²) < 4.78 is 0. The number of carbonyl (C=O) groups is 2. The largest absolute Gasteiger partial charge is 0.335 e. The fraction of sp³-hybridized carbons (Fsp3) is 0.615. The highest BCUT2D eigenvalue weighted by Crippen LogP contribution is 2.22. The molecule has 1 aliphatic rings. The number of thiazole rings is 1. The summed E-state index contributed by atoms with van der Waals surface area (Å²) >= 11 is 1.33. The van der Waals surface area contributed by atoms with Crippen molar-refractivity contribution >= 4 is 28.3 Å². The minimum absolute atomic E-state index is 0.199. The second-order valence-electron chi connectivity index (χ2n) is 4.96. The number of anilines is 1. The minimum Gasteiger partial charge on any atom is -0.335 e. The Morgan fingerprint density at radius 2 is 2.05 bits per heavy atom. The van der Waals surface area contributed by atoms with Gasteiger partial charge in [-0.15, -0.1) is 11.3 Å². The summed E-state index contributed by atoms with van der Waals surface area (Å²) in [5, 5.41) is 4.88. The zero-order valence-electron chi connectivity index (χ0n) is 11.3.